The van der Waals surface area contributed by atoms with Gasteiger partial charge in [-0.15, -0.1) is 0 Å². The molecule has 0 saturated heterocycles. The lowest BCUT2D eigenvalue weighted by Crippen LogP contribution is -2.02. The lowest BCUT2D eigenvalue weighted by Gasteiger charge is -2.13. The summed E-state index contributed by atoms with van der Waals surface area (Å²) in [4.78, 5) is 11.3. The maximum Gasteiger partial charge on any atom is 0.335 e. The molecular weight excluding hydrogens is 509 g/mol. The number of nitrogens with zero attached hydrogens (tertiary/aromatic N) is 1. The molecule has 0 unspecified atom stereocenters. The van der Waals surface area contributed by atoms with Crippen LogP contribution in [-0.4, -0.2) is 16.2 Å². The maximum atomic E-state index is 11.3. The largest absolute Gasteiger partial charge is 0.489 e. The van der Waals surface area contributed by atoms with Gasteiger partial charge >= 0.3 is 5.97 Å². The molecule has 0 fully saturated rings. The molecule has 1 N–H and O–H groups in total. The number of aromatic nitrogens is 1. The van der Waals surface area contributed by atoms with Gasteiger partial charge in [0.25, 0.3) is 0 Å². The molecule has 0 aliphatic rings. The molecule has 0 bridgehead atoms. The van der Waals surface area contributed by atoms with Gasteiger partial charge in [-0.25, -0.2) is 4.79 Å². The van der Waals surface area contributed by atoms with Crippen LogP contribution in [0.25, 0.3) is 23.4 Å². The SMILES string of the molecule is Cc1cc(OCc2c(-c3c(Cl)cccc3Cl)noc2C(C)C)cc(C)c1/C=C/c1cccc(C(=O)O)c1. The average molecular weight is 536 g/mol. The van der Waals surface area contributed by atoms with Crippen LogP contribution in [0.4, 0.5) is 0 Å². The van der Waals surface area contributed by atoms with Crippen LogP contribution < -0.4 is 4.74 Å². The highest BCUT2D eigenvalue weighted by atomic mass is 35.5. The normalized spacial score (nSPS) is 11.4. The van der Waals surface area contributed by atoms with E-state index in [1.165, 1.54) is 0 Å². The second-order valence-electron chi connectivity index (χ2n) is 9.15. The van der Waals surface area contributed by atoms with Gasteiger partial charge < -0.3 is 14.4 Å². The smallest absolute Gasteiger partial charge is 0.335 e. The van der Waals surface area contributed by atoms with Crippen LogP contribution in [0.2, 0.25) is 10.0 Å². The molecule has 4 aromatic rings. The van der Waals surface area contributed by atoms with Crippen molar-refractivity contribution >= 4 is 41.3 Å². The molecule has 0 amide bonds. The number of rotatable bonds is 8. The summed E-state index contributed by atoms with van der Waals surface area (Å²) in [6, 6.07) is 16.1. The first kappa shape index (κ1) is 26.5. The Hall–Kier alpha value is -3.54. The van der Waals surface area contributed by atoms with E-state index in [1.54, 1.807) is 36.4 Å². The number of benzene rings is 3. The third-order valence-electron chi connectivity index (χ3n) is 6.07. The summed E-state index contributed by atoms with van der Waals surface area (Å²) in [7, 11) is 0. The highest BCUT2D eigenvalue weighted by Gasteiger charge is 2.24. The van der Waals surface area contributed by atoms with Crippen molar-refractivity contribution in [2.24, 2.45) is 0 Å². The van der Waals surface area contributed by atoms with Gasteiger partial charge in [0.2, 0.25) is 0 Å². The first-order chi connectivity index (χ1) is 17.7. The molecular formula is C30H27Cl2NO4. The van der Waals surface area contributed by atoms with Gasteiger partial charge in [0.15, 0.2) is 0 Å². The number of aryl methyl sites for hydroxylation is 2. The van der Waals surface area contributed by atoms with Crippen LogP contribution >= 0.6 is 23.2 Å². The van der Waals surface area contributed by atoms with E-state index in [-0.39, 0.29) is 18.1 Å². The van der Waals surface area contributed by atoms with E-state index in [2.05, 4.69) is 5.16 Å². The van der Waals surface area contributed by atoms with Crippen LogP contribution in [0.1, 0.15) is 63.7 Å². The third-order valence-corrected chi connectivity index (χ3v) is 6.70. The van der Waals surface area contributed by atoms with Crippen molar-refractivity contribution in [1.82, 2.24) is 5.16 Å². The van der Waals surface area contributed by atoms with Crippen molar-refractivity contribution < 1.29 is 19.2 Å². The summed E-state index contributed by atoms with van der Waals surface area (Å²) in [5.74, 6) is 0.587. The van der Waals surface area contributed by atoms with Gasteiger partial charge in [-0.3, -0.25) is 0 Å². The van der Waals surface area contributed by atoms with Crippen LogP contribution in [0.5, 0.6) is 5.75 Å². The molecule has 1 aromatic heterocycles. The maximum absolute atomic E-state index is 11.3. The molecule has 0 saturated carbocycles. The highest BCUT2D eigenvalue weighted by molar-refractivity contribution is 6.39. The Morgan fingerprint density at radius 3 is 2.30 bits per heavy atom. The van der Waals surface area contributed by atoms with Crippen molar-refractivity contribution in [3.63, 3.8) is 0 Å². The first-order valence-corrected chi connectivity index (χ1v) is 12.6. The van der Waals surface area contributed by atoms with Gasteiger partial charge in [-0.2, -0.15) is 0 Å². The predicted molar refractivity (Wildman–Crippen MR) is 149 cm³/mol. The van der Waals surface area contributed by atoms with Crippen LogP contribution in [0.3, 0.4) is 0 Å². The monoisotopic (exact) mass is 535 g/mol. The van der Waals surface area contributed by atoms with Gasteiger partial charge in [0.1, 0.15) is 23.8 Å². The van der Waals surface area contributed by atoms with Crippen molar-refractivity contribution in [3.05, 3.63) is 104 Å². The van der Waals surface area contributed by atoms with Crippen LogP contribution in [0, 0.1) is 13.8 Å². The molecule has 5 nitrogen and oxygen atoms in total. The lowest BCUT2D eigenvalue weighted by atomic mass is 10.00. The zero-order chi connectivity index (χ0) is 26.7. The standard InChI is InChI=1S/C30H27Cl2NO4/c1-17(2)29-24(28(33-37-29)27-25(31)9-6-10-26(27)32)16-36-22-13-18(3)23(19(4)14-22)12-11-20-7-5-8-21(15-20)30(34)35/h5-15,17H,16H2,1-4H3,(H,34,35)/b12-11+. The molecule has 0 spiro atoms. The van der Waals surface area contributed by atoms with Gasteiger partial charge in [-0.05, 0) is 72.5 Å². The Labute approximate surface area is 226 Å². The van der Waals surface area contributed by atoms with E-state index < -0.39 is 5.97 Å². The number of carbonyl (C=O) groups is 1. The van der Waals surface area contributed by atoms with E-state index in [9.17, 15) is 9.90 Å². The van der Waals surface area contributed by atoms with Crippen LogP contribution in [-0.2, 0) is 6.61 Å². The summed E-state index contributed by atoms with van der Waals surface area (Å²) >= 11 is 12.9. The number of hydrogen-bond donors (Lipinski definition) is 1. The molecule has 0 radical (unpaired) electrons. The summed E-state index contributed by atoms with van der Waals surface area (Å²) in [6.07, 6.45) is 3.90. The summed E-state index contributed by atoms with van der Waals surface area (Å²) in [6.45, 7) is 8.33. The first-order valence-electron chi connectivity index (χ1n) is 11.8. The average Bonchev–Trinajstić information content (AvgIpc) is 3.26. The fourth-order valence-electron chi connectivity index (χ4n) is 4.23. The molecule has 1 heterocycles. The number of hydrogen-bond acceptors (Lipinski definition) is 4. The minimum Gasteiger partial charge on any atom is -0.489 e. The number of aromatic carboxylic acids is 1. The number of carboxylic acids is 1. The summed E-state index contributed by atoms with van der Waals surface area (Å²) in [5, 5.41) is 14.5. The molecule has 3 aromatic carbocycles. The summed E-state index contributed by atoms with van der Waals surface area (Å²) < 4.78 is 11.9. The van der Waals surface area contributed by atoms with Crippen molar-refractivity contribution in [2.45, 2.75) is 40.2 Å². The molecule has 190 valence electrons. The number of carboxylic acid groups (broad SMARTS) is 1. The van der Waals surface area contributed by atoms with E-state index in [1.807, 2.05) is 58.0 Å². The fourth-order valence-corrected chi connectivity index (χ4v) is 4.80. The Kier molecular flexibility index (Phi) is 8.06. The third kappa shape index (κ3) is 5.90. The second kappa shape index (κ2) is 11.2. The van der Waals surface area contributed by atoms with Crippen LogP contribution in [0.15, 0.2) is 59.1 Å². The molecule has 4 rings (SSSR count). The molecule has 7 heteroatoms. The molecule has 0 atom stereocenters. The predicted octanol–water partition coefficient (Wildman–Crippen LogP) is 8.84. The van der Waals surface area contributed by atoms with Gasteiger partial charge in [-0.1, -0.05) is 72.6 Å². The van der Waals surface area contributed by atoms with E-state index in [0.717, 1.165) is 33.6 Å². The molecule has 0 aliphatic heterocycles. The summed E-state index contributed by atoms with van der Waals surface area (Å²) in [5.41, 5.74) is 6.20. The Morgan fingerprint density at radius 2 is 1.68 bits per heavy atom. The zero-order valence-corrected chi connectivity index (χ0v) is 22.5. The van der Waals surface area contributed by atoms with Crippen molar-refractivity contribution in [2.75, 3.05) is 0 Å². The van der Waals surface area contributed by atoms with Gasteiger partial charge in [0.05, 0.1) is 21.2 Å². The Bertz CT molecular complexity index is 1440. The quantitative estimate of drug-likeness (QED) is 0.228. The Morgan fingerprint density at radius 1 is 1.03 bits per heavy atom. The molecule has 0 aliphatic carbocycles. The minimum absolute atomic E-state index is 0.0942. The van der Waals surface area contributed by atoms with Gasteiger partial charge in [0, 0.05) is 11.5 Å². The Balaban J connectivity index is 1.60. The fraction of sp³-hybridized carbons (Fsp3) is 0.200. The van der Waals surface area contributed by atoms with E-state index in [0.29, 0.717) is 27.1 Å². The second-order valence-corrected chi connectivity index (χ2v) is 9.96. The number of ether oxygens (including phenoxy) is 1. The number of halogens is 2. The topological polar surface area (TPSA) is 72.6 Å². The van der Waals surface area contributed by atoms with E-state index in [4.69, 9.17) is 32.5 Å². The lowest BCUT2D eigenvalue weighted by molar-refractivity contribution is 0.0697. The van der Waals surface area contributed by atoms with Crippen molar-refractivity contribution in [3.8, 4) is 17.0 Å². The zero-order valence-electron chi connectivity index (χ0n) is 21.0. The van der Waals surface area contributed by atoms with Crippen molar-refractivity contribution in [1.29, 1.82) is 0 Å². The highest BCUT2D eigenvalue weighted by Crippen LogP contribution is 2.39. The minimum atomic E-state index is -0.947. The molecule has 37 heavy (non-hydrogen) atoms. The van der Waals surface area contributed by atoms with E-state index >= 15 is 0 Å².